The van der Waals surface area contributed by atoms with E-state index in [0.717, 1.165) is 37.4 Å². The number of piperidine rings is 1. The third-order valence-electron chi connectivity index (χ3n) is 5.34. The molecule has 0 saturated carbocycles. The number of anilines is 1. The molecule has 1 saturated heterocycles. The minimum Gasteiger partial charge on any atom is -0.354 e. The molecule has 10 nitrogen and oxygen atoms in total. The molecule has 1 unspecified atom stereocenters. The van der Waals surface area contributed by atoms with Crippen molar-refractivity contribution >= 4 is 15.7 Å². The summed E-state index contributed by atoms with van der Waals surface area (Å²) in [6.45, 7) is 2.40. The van der Waals surface area contributed by atoms with Crippen molar-refractivity contribution in [2.24, 2.45) is 0 Å². The summed E-state index contributed by atoms with van der Waals surface area (Å²) in [6.07, 6.45) is 5.02. The Balaban J connectivity index is 1.47. The van der Waals surface area contributed by atoms with E-state index in [2.05, 4.69) is 42.6 Å². The average molecular weight is 429 g/mol. The van der Waals surface area contributed by atoms with Crippen molar-refractivity contribution in [3.63, 3.8) is 0 Å². The Morgan fingerprint density at radius 1 is 1.17 bits per heavy atom. The number of sulfone groups is 1. The van der Waals surface area contributed by atoms with Crippen LogP contribution in [0.5, 0.6) is 0 Å². The van der Waals surface area contributed by atoms with E-state index < -0.39 is 9.84 Å². The molecule has 1 aromatic carbocycles. The van der Waals surface area contributed by atoms with Gasteiger partial charge in [-0.2, -0.15) is 9.78 Å². The number of hydrogen-bond acceptors (Lipinski definition) is 9. The Morgan fingerprint density at radius 2 is 1.97 bits per heavy atom. The number of benzene rings is 1. The highest BCUT2D eigenvalue weighted by molar-refractivity contribution is 7.90. The van der Waals surface area contributed by atoms with Gasteiger partial charge in [0.1, 0.15) is 0 Å². The average Bonchev–Trinajstić information content (AvgIpc) is 3.22. The third kappa shape index (κ3) is 4.46. The highest BCUT2D eigenvalue weighted by Gasteiger charge is 2.25. The zero-order valence-corrected chi connectivity index (χ0v) is 17.8. The molecule has 4 rings (SSSR count). The maximum Gasteiger partial charge on any atom is 0.175 e. The first-order chi connectivity index (χ1) is 14.4. The SMILES string of the molecule is CN(Cc1nnnn1-c1ccc(S(C)(=O)=O)cc1)C1CCCN(c2cccnn2)C1. The lowest BCUT2D eigenvalue weighted by Gasteiger charge is -2.37. The second-order valence-electron chi connectivity index (χ2n) is 7.51. The number of hydrogen-bond donors (Lipinski definition) is 0. The van der Waals surface area contributed by atoms with Gasteiger partial charge in [0.2, 0.25) is 0 Å². The molecule has 1 fully saturated rings. The van der Waals surface area contributed by atoms with Crippen LogP contribution in [0.15, 0.2) is 47.5 Å². The molecule has 158 valence electrons. The Morgan fingerprint density at radius 3 is 2.67 bits per heavy atom. The van der Waals surface area contributed by atoms with E-state index in [9.17, 15) is 8.42 Å². The molecule has 0 N–H and O–H groups in total. The van der Waals surface area contributed by atoms with Gasteiger partial charge in [-0.3, -0.25) is 4.90 Å². The van der Waals surface area contributed by atoms with Crippen molar-refractivity contribution in [1.29, 1.82) is 0 Å². The van der Waals surface area contributed by atoms with Crippen LogP contribution in [0.3, 0.4) is 0 Å². The van der Waals surface area contributed by atoms with Gasteiger partial charge in [-0.05, 0) is 66.7 Å². The van der Waals surface area contributed by atoms with Crippen LogP contribution in [0.25, 0.3) is 5.69 Å². The lowest BCUT2D eigenvalue weighted by Crippen LogP contribution is -2.46. The summed E-state index contributed by atoms with van der Waals surface area (Å²) in [6, 6.07) is 10.8. The van der Waals surface area contributed by atoms with Crippen LogP contribution in [0.2, 0.25) is 0 Å². The van der Waals surface area contributed by atoms with Crippen molar-refractivity contribution in [3.8, 4) is 5.69 Å². The second kappa shape index (κ2) is 8.44. The zero-order valence-electron chi connectivity index (χ0n) is 17.0. The molecular formula is C19H24N8O2S. The fourth-order valence-corrected chi connectivity index (χ4v) is 4.31. The van der Waals surface area contributed by atoms with Crippen LogP contribution in [-0.4, -0.2) is 76.2 Å². The van der Waals surface area contributed by atoms with E-state index in [1.54, 1.807) is 35.1 Å². The van der Waals surface area contributed by atoms with E-state index in [0.29, 0.717) is 18.4 Å². The first kappa shape index (κ1) is 20.4. The highest BCUT2D eigenvalue weighted by atomic mass is 32.2. The normalized spacial score (nSPS) is 17.4. The fourth-order valence-electron chi connectivity index (χ4n) is 3.68. The lowest BCUT2D eigenvalue weighted by atomic mass is 10.0. The maximum absolute atomic E-state index is 11.7. The van der Waals surface area contributed by atoms with Gasteiger partial charge < -0.3 is 4.90 Å². The summed E-state index contributed by atoms with van der Waals surface area (Å²) in [7, 11) is -1.18. The Bertz CT molecular complexity index is 1090. The summed E-state index contributed by atoms with van der Waals surface area (Å²) in [4.78, 5) is 4.77. The molecule has 0 bridgehead atoms. The monoisotopic (exact) mass is 428 g/mol. The summed E-state index contributed by atoms with van der Waals surface area (Å²) in [5.74, 6) is 1.59. The van der Waals surface area contributed by atoms with Crippen molar-refractivity contribution in [2.75, 3.05) is 31.3 Å². The van der Waals surface area contributed by atoms with Crippen LogP contribution in [0.1, 0.15) is 18.7 Å². The lowest BCUT2D eigenvalue weighted by molar-refractivity contribution is 0.201. The van der Waals surface area contributed by atoms with Gasteiger partial charge in [0, 0.05) is 31.6 Å². The number of rotatable bonds is 6. The van der Waals surface area contributed by atoms with Crippen LogP contribution in [0, 0.1) is 0 Å². The van der Waals surface area contributed by atoms with Crippen molar-refractivity contribution in [1.82, 2.24) is 35.3 Å². The standard InChI is InChI=1S/C19H24N8O2S/c1-25(16-5-4-12-26(13-16)18-6-3-11-20-21-18)14-19-22-23-24-27(19)15-7-9-17(10-8-15)30(2,28)29/h3,6-11,16H,4-5,12-14H2,1-2H3. The Hall–Kier alpha value is -2.92. The van der Waals surface area contributed by atoms with Crippen LogP contribution in [-0.2, 0) is 16.4 Å². The molecule has 1 aliphatic heterocycles. The van der Waals surface area contributed by atoms with E-state index in [-0.39, 0.29) is 4.90 Å². The third-order valence-corrected chi connectivity index (χ3v) is 6.46. The fraction of sp³-hybridized carbons (Fsp3) is 0.421. The topological polar surface area (TPSA) is 110 Å². The molecule has 11 heteroatoms. The summed E-state index contributed by atoms with van der Waals surface area (Å²) in [5, 5.41) is 20.3. The van der Waals surface area contributed by atoms with E-state index in [4.69, 9.17) is 0 Å². The highest BCUT2D eigenvalue weighted by Crippen LogP contribution is 2.21. The molecule has 0 amide bonds. The molecule has 30 heavy (non-hydrogen) atoms. The predicted molar refractivity (Wildman–Crippen MR) is 111 cm³/mol. The molecule has 0 radical (unpaired) electrons. The number of likely N-dealkylation sites (N-methyl/N-ethyl adjacent to an activating group) is 1. The first-order valence-corrected chi connectivity index (χ1v) is 11.6. The largest absolute Gasteiger partial charge is 0.354 e. The van der Waals surface area contributed by atoms with Gasteiger partial charge in [0.15, 0.2) is 21.5 Å². The van der Waals surface area contributed by atoms with E-state index in [1.165, 1.54) is 6.26 Å². The van der Waals surface area contributed by atoms with Crippen molar-refractivity contribution < 1.29 is 8.42 Å². The van der Waals surface area contributed by atoms with Gasteiger partial charge >= 0.3 is 0 Å². The first-order valence-electron chi connectivity index (χ1n) is 9.72. The summed E-state index contributed by atoms with van der Waals surface area (Å²) >= 11 is 0. The van der Waals surface area contributed by atoms with Gasteiger partial charge in [-0.1, -0.05) is 0 Å². The van der Waals surface area contributed by atoms with Gasteiger partial charge in [0.05, 0.1) is 17.1 Å². The van der Waals surface area contributed by atoms with Crippen LogP contribution >= 0.6 is 0 Å². The molecule has 3 aromatic rings. The van der Waals surface area contributed by atoms with E-state index in [1.807, 2.05) is 12.1 Å². The molecule has 0 aliphatic carbocycles. The van der Waals surface area contributed by atoms with Crippen LogP contribution < -0.4 is 4.90 Å². The zero-order chi connectivity index (χ0) is 21.1. The maximum atomic E-state index is 11.7. The molecule has 2 aromatic heterocycles. The smallest absolute Gasteiger partial charge is 0.175 e. The minimum absolute atomic E-state index is 0.268. The molecule has 1 atom stereocenters. The number of nitrogens with zero attached hydrogens (tertiary/aromatic N) is 8. The Labute approximate surface area is 175 Å². The molecule has 1 aliphatic rings. The summed E-state index contributed by atoms with van der Waals surface area (Å²) < 4.78 is 25.0. The van der Waals surface area contributed by atoms with Crippen molar-refractivity contribution in [3.05, 3.63) is 48.4 Å². The van der Waals surface area contributed by atoms with Gasteiger partial charge in [0.25, 0.3) is 0 Å². The molecule has 3 heterocycles. The van der Waals surface area contributed by atoms with Gasteiger partial charge in [-0.15, -0.1) is 10.2 Å². The number of tetrazole rings is 1. The van der Waals surface area contributed by atoms with Crippen molar-refractivity contribution in [2.45, 2.75) is 30.3 Å². The minimum atomic E-state index is -3.24. The molecule has 0 spiro atoms. The van der Waals surface area contributed by atoms with Crippen LogP contribution in [0.4, 0.5) is 5.82 Å². The number of aromatic nitrogens is 6. The Kier molecular flexibility index (Phi) is 5.73. The van der Waals surface area contributed by atoms with Gasteiger partial charge in [-0.25, -0.2) is 8.42 Å². The molecular weight excluding hydrogens is 404 g/mol. The summed E-state index contributed by atoms with van der Waals surface area (Å²) in [5.41, 5.74) is 0.723. The predicted octanol–water partition coefficient (Wildman–Crippen LogP) is 0.957. The van der Waals surface area contributed by atoms with E-state index >= 15 is 0 Å². The quantitative estimate of drug-likeness (QED) is 0.567. The second-order valence-corrected chi connectivity index (χ2v) is 9.53.